The highest BCUT2D eigenvalue weighted by atomic mass is 32.2. The number of tetrazole rings is 1. The zero-order chi connectivity index (χ0) is 21.8. The van der Waals surface area contributed by atoms with Gasteiger partial charge in [0.1, 0.15) is 18.7 Å². The van der Waals surface area contributed by atoms with E-state index in [0.717, 1.165) is 43.1 Å². The third-order valence-corrected chi connectivity index (χ3v) is 7.63. The zero-order valence-corrected chi connectivity index (χ0v) is 19.4. The summed E-state index contributed by atoms with van der Waals surface area (Å²) in [5, 5.41) is 14.6. The van der Waals surface area contributed by atoms with Crippen molar-refractivity contribution in [1.29, 1.82) is 0 Å². The minimum atomic E-state index is 0.475. The Morgan fingerprint density at radius 1 is 1.06 bits per heavy atom. The fraction of sp³-hybridized carbons (Fsp3) is 0.304. The second-order valence-electron chi connectivity index (χ2n) is 7.82. The van der Waals surface area contributed by atoms with Gasteiger partial charge in [0.05, 0.1) is 16.4 Å². The van der Waals surface area contributed by atoms with Crippen molar-refractivity contribution in [3.8, 4) is 11.4 Å². The summed E-state index contributed by atoms with van der Waals surface area (Å²) in [5.74, 6) is 1.34. The van der Waals surface area contributed by atoms with E-state index in [9.17, 15) is 0 Å². The normalized spacial score (nSPS) is 15.2. The van der Waals surface area contributed by atoms with E-state index in [0.29, 0.717) is 12.5 Å². The quantitative estimate of drug-likeness (QED) is 0.361. The van der Waals surface area contributed by atoms with Crippen molar-refractivity contribution in [3.05, 3.63) is 76.5 Å². The average Bonchev–Trinajstić information content (AvgIpc) is 3.53. The van der Waals surface area contributed by atoms with Gasteiger partial charge < -0.3 is 4.74 Å². The molecule has 0 spiro atoms. The van der Waals surface area contributed by atoms with Gasteiger partial charge in [-0.25, -0.2) is 14.0 Å². The molecule has 2 aromatic heterocycles. The predicted octanol–water partition coefficient (Wildman–Crippen LogP) is 4.89. The largest absolute Gasteiger partial charge is 0.487 e. The first kappa shape index (κ1) is 21.1. The Kier molecular flexibility index (Phi) is 6.47. The van der Waals surface area contributed by atoms with Crippen LogP contribution < -0.4 is 4.74 Å². The third-order valence-electron chi connectivity index (χ3n) is 5.47. The van der Waals surface area contributed by atoms with Crippen LogP contribution >= 0.6 is 23.3 Å². The van der Waals surface area contributed by atoms with Crippen LogP contribution in [0.3, 0.4) is 0 Å². The molecule has 0 unspecified atom stereocenters. The molecular formula is C23H24N6OS2. The van der Waals surface area contributed by atoms with Gasteiger partial charge in [0.15, 0.2) is 0 Å². The van der Waals surface area contributed by atoms with E-state index in [-0.39, 0.29) is 0 Å². The highest BCUT2D eigenvalue weighted by Crippen LogP contribution is 2.34. The first-order valence-electron chi connectivity index (χ1n) is 10.6. The molecule has 1 fully saturated rings. The fourth-order valence-corrected chi connectivity index (χ4v) is 5.58. The maximum Gasteiger partial charge on any atom is 0.143 e. The monoisotopic (exact) mass is 464 g/mol. The van der Waals surface area contributed by atoms with E-state index in [2.05, 4.69) is 56.4 Å². The highest BCUT2D eigenvalue weighted by Gasteiger charge is 2.23. The molecule has 0 amide bonds. The van der Waals surface area contributed by atoms with Gasteiger partial charge in [0.2, 0.25) is 0 Å². The van der Waals surface area contributed by atoms with Gasteiger partial charge in [0, 0.05) is 29.3 Å². The standard InChI is InChI=1S/C23H24N6OS2/c1-17-2-8-22(9-3-17)32-28-12-10-18(11-13-28)23-25-19(15-31-23)14-30-21-6-4-20(5-7-21)29-16-24-26-27-29/h2-9,15-16,18H,10-14H2,1H3. The molecule has 0 aliphatic carbocycles. The third kappa shape index (κ3) is 5.17. The van der Waals surface area contributed by atoms with Crippen molar-refractivity contribution in [1.82, 2.24) is 29.5 Å². The number of rotatable bonds is 7. The SMILES string of the molecule is Cc1ccc(SN2CCC(c3nc(COc4ccc(-n5cnnn5)cc4)cs3)CC2)cc1. The second kappa shape index (κ2) is 9.81. The van der Waals surface area contributed by atoms with E-state index < -0.39 is 0 Å². The van der Waals surface area contributed by atoms with Crippen LogP contribution in [-0.4, -0.2) is 42.6 Å². The Morgan fingerprint density at radius 2 is 1.84 bits per heavy atom. The van der Waals surface area contributed by atoms with Crippen molar-refractivity contribution in [2.75, 3.05) is 13.1 Å². The first-order chi connectivity index (χ1) is 15.7. The smallest absolute Gasteiger partial charge is 0.143 e. The van der Waals surface area contributed by atoms with Crippen LogP contribution in [0.15, 0.2) is 65.1 Å². The first-order valence-corrected chi connectivity index (χ1v) is 12.3. The molecule has 3 heterocycles. The van der Waals surface area contributed by atoms with Crippen molar-refractivity contribution < 1.29 is 4.74 Å². The maximum absolute atomic E-state index is 5.93. The fourth-order valence-electron chi connectivity index (χ4n) is 3.65. The zero-order valence-electron chi connectivity index (χ0n) is 17.8. The number of ether oxygens (including phenoxy) is 1. The van der Waals surface area contributed by atoms with Crippen molar-refractivity contribution >= 4 is 23.3 Å². The number of hydrogen-bond donors (Lipinski definition) is 0. The lowest BCUT2D eigenvalue weighted by Crippen LogP contribution is -2.27. The molecule has 1 saturated heterocycles. The Morgan fingerprint density at radius 3 is 2.56 bits per heavy atom. The number of aryl methyl sites for hydroxylation is 1. The van der Waals surface area contributed by atoms with Gasteiger partial charge in [0.25, 0.3) is 0 Å². The highest BCUT2D eigenvalue weighted by molar-refractivity contribution is 7.97. The predicted molar refractivity (Wildman–Crippen MR) is 126 cm³/mol. The minimum absolute atomic E-state index is 0.475. The number of nitrogens with zero attached hydrogens (tertiary/aromatic N) is 6. The van der Waals surface area contributed by atoms with E-state index in [4.69, 9.17) is 9.72 Å². The number of piperidine rings is 1. The molecule has 164 valence electrons. The van der Waals surface area contributed by atoms with E-state index in [1.54, 1.807) is 22.3 Å². The molecule has 5 rings (SSSR count). The topological polar surface area (TPSA) is 69.0 Å². The lowest BCUT2D eigenvalue weighted by molar-refractivity contribution is 0.300. The van der Waals surface area contributed by atoms with Crippen molar-refractivity contribution in [2.24, 2.45) is 0 Å². The van der Waals surface area contributed by atoms with Crippen LogP contribution in [0.25, 0.3) is 5.69 Å². The Labute approximate surface area is 195 Å². The molecule has 0 radical (unpaired) electrons. The Bertz CT molecular complexity index is 1120. The molecule has 0 atom stereocenters. The van der Waals surface area contributed by atoms with Crippen LogP contribution in [0.4, 0.5) is 0 Å². The number of hydrogen-bond acceptors (Lipinski definition) is 8. The summed E-state index contributed by atoms with van der Waals surface area (Å²) in [7, 11) is 0. The molecule has 1 aliphatic heterocycles. The Balaban J connectivity index is 1.11. The van der Waals surface area contributed by atoms with Crippen molar-refractivity contribution in [3.63, 3.8) is 0 Å². The van der Waals surface area contributed by atoms with E-state index in [1.165, 1.54) is 15.5 Å². The van der Waals surface area contributed by atoms with Gasteiger partial charge in [-0.05, 0) is 78.5 Å². The minimum Gasteiger partial charge on any atom is -0.487 e. The lowest BCUT2D eigenvalue weighted by Gasteiger charge is -2.29. The summed E-state index contributed by atoms with van der Waals surface area (Å²) in [6.07, 6.45) is 3.86. The molecule has 0 bridgehead atoms. The lowest BCUT2D eigenvalue weighted by atomic mass is 9.99. The molecule has 0 N–H and O–H groups in total. The van der Waals surface area contributed by atoms with Crippen LogP contribution in [0.1, 0.15) is 35.0 Å². The van der Waals surface area contributed by atoms with Crippen LogP contribution in [0, 0.1) is 6.92 Å². The van der Waals surface area contributed by atoms with Gasteiger partial charge in [-0.15, -0.1) is 16.4 Å². The van der Waals surface area contributed by atoms with Gasteiger partial charge >= 0.3 is 0 Å². The molecule has 1 aliphatic rings. The van der Waals surface area contributed by atoms with Gasteiger partial charge in [-0.1, -0.05) is 17.7 Å². The van der Waals surface area contributed by atoms with Crippen LogP contribution in [0.5, 0.6) is 5.75 Å². The molecule has 32 heavy (non-hydrogen) atoms. The average molecular weight is 465 g/mol. The number of thiazole rings is 1. The molecule has 0 saturated carbocycles. The second-order valence-corrected chi connectivity index (χ2v) is 9.88. The molecule has 2 aromatic carbocycles. The van der Waals surface area contributed by atoms with Crippen molar-refractivity contribution in [2.45, 2.75) is 37.2 Å². The summed E-state index contributed by atoms with van der Waals surface area (Å²) in [6, 6.07) is 16.5. The van der Waals surface area contributed by atoms with Crippen LogP contribution in [0.2, 0.25) is 0 Å². The molecular weight excluding hydrogens is 440 g/mol. The van der Waals surface area contributed by atoms with E-state index >= 15 is 0 Å². The summed E-state index contributed by atoms with van der Waals surface area (Å²) >= 11 is 3.62. The van der Waals surface area contributed by atoms with E-state index in [1.807, 2.05) is 36.2 Å². The summed E-state index contributed by atoms with van der Waals surface area (Å²) < 4.78 is 10.0. The molecule has 9 heteroatoms. The number of aromatic nitrogens is 5. The summed E-state index contributed by atoms with van der Waals surface area (Å²) in [6.45, 7) is 4.77. The molecule has 7 nitrogen and oxygen atoms in total. The number of benzene rings is 2. The van der Waals surface area contributed by atoms with Gasteiger partial charge in [-0.2, -0.15) is 0 Å². The maximum atomic E-state index is 5.93. The summed E-state index contributed by atoms with van der Waals surface area (Å²) in [4.78, 5) is 6.18. The van der Waals surface area contributed by atoms with Gasteiger partial charge in [-0.3, -0.25) is 0 Å². The summed E-state index contributed by atoms with van der Waals surface area (Å²) in [5.41, 5.74) is 3.19. The Hall–Kier alpha value is -2.75. The van der Waals surface area contributed by atoms with Crippen LogP contribution in [-0.2, 0) is 6.61 Å². The molecule has 4 aromatic rings.